The molecule has 0 rings (SSSR count). The summed E-state index contributed by atoms with van der Waals surface area (Å²) in [5.74, 6) is 0.255. The molecule has 1 unspecified atom stereocenters. The standard InChI is InChI=1S/C5H12O.C4H8O/c1-4-5(2)6-3;1-3-4(2)5/h5H,4H2,1-3H3;3H2,1-2H3. The Kier molecular flexibility index (Phi) is 11.6. The number of hydrogen-bond donors (Lipinski definition) is 0. The molecule has 0 radical (unpaired) electrons. The molecule has 2 nitrogen and oxygen atoms in total. The molecule has 11 heavy (non-hydrogen) atoms. The van der Waals surface area contributed by atoms with Crippen molar-refractivity contribution >= 4 is 5.78 Å². The van der Waals surface area contributed by atoms with E-state index in [1.54, 1.807) is 14.0 Å². The van der Waals surface area contributed by atoms with Gasteiger partial charge in [0.25, 0.3) is 0 Å². The Labute approximate surface area is 69.9 Å². The van der Waals surface area contributed by atoms with Crippen LogP contribution in [0.3, 0.4) is 0 Å². The van der Waals surface area contributed by atoms with Crippen LogP contribution >= 0.6 is 0 Å². The first kappa shape index (κ1) is 13.2. The smallest absolute Gasteiger partial charge is 0.129 e. The molecule has 1 atom stereocenters. The Morgan fingerprint density at radius 1 is 1.45 bits per heavy atom. The fourth-order valence-electron chi connectivity index (χ4n) is 0.167. The van der Waals surface area contributed by atoms with Crippen molar-refractivity contribution in [3.8, 4) is 0 Å². The van der Waals surface area contributed by atoms with Crippen molar-refractivity contribution in [1.29, 1.82) is 0 Å². The first-order valence-corrected chi connectivity index (χ1v) is 4.10. The van der Waals surface area contributed by atoms with Crippen molar-refractivity contribution in [2.75, 3.05) is 7.11 Å². The molecular weight excluding hydrogens is 140 g/mol. The SMILES string of the molecule is CCC(C)=O.CCC(C)OC. The summed E-state index contributed by atoms with van der Waals surface area (Å²) in [6, 6.07) is 0. The highest BCUT2D eigenvalue weighted by Crippen LogP contribution is 1.89. The van der Waals surface area contributed by atoms with Gasteiger partial charge in [-0.15, -0.1) is 0 Å². The quantitative estimate of drug-likeness (QED) is 0.633. The van der Waals surface area contributed by atoms with E-state index >= 15 is 0 Å². The third-order valence-electron chi connectivity index (χ3n) is 1.48. The van der Waals surface area contributed by atoms with E-state index in [2.05, 4.69) is 13.8 Å². The highest BCUT2D eigenvalue weighted by molar-refractivity contribution is 5.74. The molecule has 0 spiro atoms. The summed E-state index contributed by atoms with van der Waals surface area (Å²) in [6.07, 6.45) is 2.21. The molecular formula is C9H20O2. The second-order valence-corrected chi connectivity index (χ2v) is 2.51. The average molecular weight is 160 g/mol. The van der Waals surface area contributed by atoms with Crippen molar-refractivity contribution < 1.29 is 9.53 Å². The van der Waals surface area contributed by atoms with E-state index < -0.39 is 0 Å². The van der Waals surface area contributed by atoms with Crippen LogP contribution in [0.5, 0.6) is 0 Å². The maximum Gasteiger partial charge on any atom is 0.129 e. The largest absolute Gasteiger partial charge is 0.382 e. The van der Waals surface area contributed by atoms with Gasteiger partial charge in [-0.25, -0.2) is 0 Å². The molecule has 0 saturated carbocycles. The van der Waals surface area contributed by atoms with E-state index in [1.165, 1.54) is 0 Å². The van der Waals surface area contributed by atoms with Gasteiger partial charge in [0.15, 0.2) is 0 Å². The molecule has 0 N–H and O–H groups in total. The van der Waals surface area contributed by atoms with Crippen LogP contribution < -0.4 is 0 Å². The van der Waals surface area contributed by atoms with E-state index in [0.717, 1.165) is 6.42 Å². The van der Waals surface area contributed by atoms with Crippen LogP contribution in [0.1, 0.15) is 40.5 Å². The lowest BCUT2D eigenvalue weighted by molar-refractivity contribution is -0.116. The fourth-order valence-corrected chi connectivity index (χ4v) is 0.167. The molecule has 0 bridgehead atoms. The summed E-state index contributed by atoms with van der Waals surface area (Å²) in [4.78, 5) is 9.81. The number of Topliss-reactive ketones (excluding diaryl/α,β-unsaturated/α-hetero) is 1. The van der Waals surface area contributed by atoms with Crippen molar-refractivity contribution in [2.45, 2.75) is 46.6 Å². The second-order valence-electron chi connectivity index (χ2n) is 2.51. The molecule has 0 saturated heterocycles. The number of methoxy groups -OCH3 is 1. The van der Waals surface area contributed by atoms with Crippen molar-refractivity contribution in [3.63, 3.8) is 0 Å². The van der Waals surface area contributed by atoms with Crippen LogP contribution in [0.25, 0.3) is 0 Å². The normalized spacial score (nSPS) is 11.4. The fraction of sp³-hybridized carbons (Fsp3) is 0.889. The highest BCUT2D eigenvalue weighted by atomic mass is 16.5. The van der Waals surface area contributed by atoms with Crippen LogP contribution in [0.15, 0.2) is 0 Å². The van der Waals surface area contributed by atoms with Crippen LogP contribution in [0.2, 0.25) is 0 Å². The minimum Gasteiger partial charge on any atom is -0.382 e. The number of ether oxygens (including phenoxy) is 1. The van der Waals surface area contributed by atoms with Crippen molar-refractivity contribution in [3.05, 3.63) is 0 Å². The van der Waals surface area contributed by atoms with Gasteiger partial charge in [-0.3, -0.25) is 0 Å². The molecule has 0 aromatic rings. The summed E-state index contributed by atoms with van der Waals surface area (Å²) in [5.41, 5.74) is 0. The molecule has 0 aromatic heterocycles. The molecule has 0 aliphatic heterocycles. The Balaban J connectivity index is 0. The molecule has 0 fully saturated rings. The molecule has 0 heterocycles. The predicted molar refractivity (Wildman–Crippen MR) is 47.7 cm³/mol. The highest BCUT2D eigenvalue weighted by Gasteiger charge is 1.88. The van der Waals surface area contributed by atoms with E-state index in [-0.39, 0.29) is 5.78 Å². The van der Waals surface area contributed by atoms with Gasteiger partial charge in [0.05, 0.1) is 6.10 Å². The van der Waals surface area contributed by atoms with Gasteiger partial charge in [0.1, 0.15) is 5.78 Å². The molecule has 0 amide bonds. The topological polar surface area (TPSA) is 26.3 Å². The zero-order valence-electron chi connectivity index (χ0n) is 8.31. The van der Waals surface area contributed by atoms with Crippen LogP contribution in [0, 0.1) is 0 Å². The molecule has 0 aromatic carbocycles. The zero-order chi connectivity index (χ0) is 9.28. The van der Waals surface area contributed by atoms with Crippen LogP contribution in [-0.2, 0) is 9.53 Å². The monoisotopic (exact) mass is 160 g/mol. The Hall–Kier alpha value is -0.370. The molecule has 2 heteroatoms. The van der Waals surface area contributed by atoms with E-state index in [9.17, 15) is 4.79 Å². The van der Waals surface area contributed by atoms with Gasteiger partial charge >= 0.3 is 0 Å². The van der Waals surface area contributed by atoms with E-state index in [4.69, 9.17) is 4.74 Å². The summed E-state index contributed by atoms with van der Waals surface area (Å²) in [5, 5.41) is 0. The average Bonchev–Trinajstić information content (AvgIpc) is 2.04. The third kappa shape index (κ3) is 17.7. The lowest BCUT2D eigenvalue weighted by Crippen LogP contribution is -2.00. The minimum absolute atomic E-state index is 0.255. The maximum atomic E-state index is 9.81. The Morgan fingerprint density at radius 2 is 1.82 bits per heavy atom. The first-order valence-electron chi connectivity index (χ1n) is 4.10. The number of carbonyl (C=O) groups is 1. The van der Waals surface area contributed by atoms with Gasteiger partial charge < -0.3 is 9.53 Å². The number of carbonyl (C=O) groups excluding carboxylic acids is 1. The van der Waals surface area contributed by atoms with Crippen LogP contribution in [0.4, 0.5) is 0 Å². The van der Waals surface area contributed by atoms with Gasteiger partial charge in [0, 0.05) is 13.5 Å². The van der Waals surface area contributed by atoms with Gasteiger partial charge in [0.2, 0.25) is 0 Å². The second kappa shape index (κ2) is 9.63. The Morgan fingerprint density at radius 3 is 1.82 bits per heavy atom. The molecule has 0 aliphatic carbocycles. The van der Waals surface area contributed by atoms with Gasteiger partial charge in [-0.2, -0.15) is 0 Å². The number of ketones is 1. The number of rotatable bonds is 3. The van der Waals surface area contributed by atoms with E-state index in [0.29, 0.717) is 12.5 Å². The first-order chi connectivity index (χ1) is 5.08. The zero-order valence-corrected chi connectivity index (χ0v) is 8.31. The lowest BCUT2D eigenvalue weighted by Gasteiger charge is -2.01. The Bertz CT molecular complexity index is 85.6. The molecule has 68 valence electrons. The summed E-state index contributed by atoms with van der Waals surface area (Å²) in [7, 11) is 1.73. The minimum atomic E-state index is 0.255. The van der Waals surface area contributed by atoms with Crippen LogP contribution in [-0.4, -0.2) is 19.0 Å². The maximum absolute atomic E-state index is 9.81. The summed E-state index contributed by atoms with van der Waals surface area (Å²) in [6.45, 7) is 7.59. The van der Waals surface area contributed by atoms with E-state index in [1.807, 2.05) is 6.92 Å². The predicted octanol–water partition coefficient (Wildman–Crippen LogP) is 2.42. The third-order valence-corrected chi connectivity index (χ3v) is 1.48. The number of hydrogen-bond acceptors (Lipinski definition) is 2. The van der Waals surface area contributed by atoms with Gasteiger partial charge in [-0.1, -0.05) is 13.8 Å². The van der Waals surface area contributed by atoms with Gasteiger partial charge in [-0.05, 0) is 20.3 Å². The summed E-state index contributed by atoms with van der Waals surface area (Å²) >= 11 is 0. The summed E-state index contributed by atoms with van der Waals surface area (Å²) < 4.78 is 4.90. The van der Waals surface area contributed by atoms with Crippen molar-refractivity contribution in [2.24, 2.45) is 0 Å². The van der Waals surface area contributed by atoms with Crippen molar-refractivity contribution in [1.82, 2.24) is 0 Å². The lowest BCUT2D eigenvalue weighted by atomic mass is 10.3. The molecule has 0 aliphatic rings.